The van der Waals surface area contributed by atoms with Gasteiger partial charge in [-0.05, 0) is 31.1 Å². The van der Waals surface area contributed by atoms with Crippen molar-refractivity contribution in [2.75, 3.05) is 13.7 Å². The largest absolute Gasteiger partial charge is 0.507 e. The van der Waals surface area contributed by atoms with Crippen molar-refractivity contribution in [3.05, 3.63) is 22.5 Å². The molecule has 1 saturated carbocycles. The number of ketones is 2. The van der Waals surface area contributed by atoms with Crippen LogP contribution in [-0.2, 0) is 23.9 Å². The molecule has 1 aliphatic heterocycles. The maximum atomic E-state index is 13.3. The Bertz CT molecular complexity index is 819. The molecule has 146 valence electrons. The SMILES string of the molecule is CO[C@@H]1CC2[C@@]3(C)CCC[C@@]2(C(=O)OC3)C2=C1C(O)=C(C(C)C)C(=O)C2=O. The number of esters is 1. The molecule has 1 heterocycles. The summed E-state index contributed by atoms with van der Waals surface area (Å²) in [5, 5.41) is 11.0. The molecule has 4 aliphatic rings. The highest BCUT2D eigenvalue weighted by atomic mass is 16.5. The monoisotopic (exact) mass is 374 g/mol. The molecule has 3 aliphatic carbocycles. The molecule has 0 spiro atoms. The average Bonchev–Trinajstić information content (AvgIpc) is 2.62. The second-order valence-corrected chi connectivity index (χ2v) is 8.93. The zero-order valence-electron chi connectivity index (χ0n) is 16.3. The van der Waals surface area contributed by atoms with Crippen LogP contribution in [0.25, 0.3) is 0 Å². The lowest BCUT2D eigenvalue weighted by Crippen LogP contribution is -2.62. The zero-order chi connectivity index (χ0) is 19.7. The number of allylic oxidation sites excluding steroid dienone is 1. The van der Waals surface area contributed by atoms with Gasteiger partial charge < -0.3 is 14.6 Å². The summed E-state index contributed by atoms with van der Waals surface area (Å²) in [7, 11) is 1.54. The van der Waals surface area contributed by atoms with Crippen LogP contribution in [0.4, 0.5) is 0 Å². The maximum absolute atomic E-state index is 13.3. The Hall–Kier alpha value is -1.95. The maximum Gasteiger partial charge on any atom is 0.317 e. The molecule has 1 saturated heterocycles. The predicted octanol–water partition coefficient (Wildman–Crippen LogP) is 2.67. The smallest absolute Gasteiger partial charge is 0.317 e. The molecule has 0 aromatic carbocycles. The van der Waals surface area contributed by atoms with E-state index in [9.17, 15) is 19.5 Å². The fourth-order valence-corrected chi connectivity index (χ4v) is 5.94. The fourth-order valence-electron chi connectivity index (χ4n) is 5.94. The van der Waals surface area contributed by atoms with Gasteiger partial charge in [0.1, 0.15) is 11.2 Å². The van der Waals surface area contributed by atoms with Crippen molar-refractivity contribution in [1.82, 2.24) is 0 Å². The van der Waals surface area contributed by atoms with E-state index in [0.717, 1.165) is 12.8 Å². The van der Waals surface area contributed by atoms with Crippen LogP contribution in [0.2, 0.25) is 0 Å². The minimum Gasteiger partial charge on any atom is -0.507 e. The number of hydrogen-bond acceptors (Lipinski definition) is 6. The highest BCUT2D eigenvalue weighted by Crippen LogP contribution is 2.64. The number of carbonyl (C=O) groups is 3. The third-order valence-electron chi connectivity index (χ3n) is 7.19. The lowest BCUT2D eigenvalue weighted by atomic mass is 9.46. The van der Waals surface area contributed by atoms with E-state index in [4.69, 9.17) is 9.47 Å². The van der Waals surface area contributed by atoms with Gasteiger partial charge in [0.2, 0.25) is 11.6 Å². The number of Topliss-reactive ketones (excluding diaryl/α,β-unsaturated/α-hetero) is 2. The van der Waals surface area contributed by atoms with E-state index in [1.807, 2.05) is 0 Å². The molecule has 0 amide bonds. The number of carbonyl (C=O) groups excluding carboxylic acids is 3. The summed E-state index contributed by atoms with van der Waals surface area (Å²) in [4.78, 5) is 39.2. The van der Waals surface area contributed by atoms with Crippen molar-refractivity contribution < 1.29 is 29.0 Å². The van der Waals surface area contributed by atoms with Gasteiger partial charge in [-0.3, -0.25) is 14.4 Å². The third-order valence-corrected chi connectivity index (χ3v) is 7.19. The Balaban J connectivity index is 2.05. The first-order valence-electron chi connectivity index (χ1n) is 9.66. The Labute approximate surface area is 158 Å². The summed E-state index contributed by atoms with van der Waals surface area (Å²) in [6.07, 6.45) is 2.14. The van der Waals surface area contributed by atoms with Crippen molar-refractivity contribution >= 4 is 17.5 Å². The van der Waals surface area contributed by atoms with Gasteiger partial charge in [-0.1, -0.05) is 27.2 Å². The van der Waals surface area contributed by atoms with E-state index in [1.54, 1.807) is 13.8 Å². The van der Waals surface area contributed by atoms with Gasteiger partial charge in [-0.15, -0.1) is 0 Å². The van der Waals surface area contributed by atoms with E-state index in [1.165, 1.54) is 7.11 Å². The average molecular weight is 374 g/mol. The van der Waals surface area contributed by atoms with Crippen molar-refractivity contribution in [3.63, 3.8) is 0 Å². The summed E-state index contributed by atoms with van der Waals surface area (Å²) in [6.45, 7) is 5.93. The topological polar surface area (TPSA) is 89.9 Å². The van der Waals surface area contributed by atoms with Crippen molar-refractivity contribution in [2.24, 2.45) is 22.7 Å². The van der Waals surface area contributed by atoms with E-state index in [-0.39, 0.29) is 34.2 Å². The van der Waals surface area contributed by atoms with Crippen LogP contribution in [0, 0.1) is 22.7 Å². The van der Waals surface area contributed by atoms with Gasteiger partial charge in [-0.25, -0.2) is 0 Å². The number of hydrogen-bond donors (Lipinski definition) is 1. The first-order chi connectivity index (χ1) is 12.7. The van der Waals surface area contributed by atoms with Gasteiger partial charge >= 0.3 is 5.97 Å². The van der Waals surface area contributed by atoms with E-state index in [2.05, 4.69) is 6.92 Å². The fraction of sp³-hybridized carbons (Fsp3) is 0.667. The van der Waals surface area contributed by atoms with Crippen molar-refractivity contribution in [1.29, 1.82) is 0 Å². The molecule has 2 fully saturated rings. The second-order valence-electron chi connectivity index (χ2n) is 8.93. The normalized spacial score (nSPS) is 38.8. The molecule has 0 aromatic rings. The van der Waals surface area contributed by atoms with E-state index >= 15 is 0 Å². The quantitative estimate of drug-likeness (QED) is 0.454. The molecule has 27 heavy (non-hydrogen) atoms. The molecule has 4 atom stereocenters. The van der Waals surface area contributed by atoms with Gasteiger partial charge in [0.05, 0.1) is 12.7 Å². The number of methoxy groups -OCH3 is 1. The first-order valence-corrected chi connectivity index (χ1v) is 9.66. The lowest BCUT2D eigenvalue weighted by Gasteiger charge is -2.59. The van der Waals surface area contributed by atoms with Crippen LogP contribution in [0.15, 0.2) is 22.5 Å². The second kappa shape index (κ2) is 5.77. The third kappa shape index (κ3) is 2.13. The van der Waals surface area contributed by atoms with Crippen LogP contribution >= 0.6 is 0 Å². The Morgan fingerprint density at radius 2 is 1.89 bits per heavy atom. The molecule has 6 heteroatoms. The number of aliphatic hydroxyl groups is 1. The van der Waals surface area contributed by atoms with Crippen LogP contribution in [0.1, 0.15) is 46.5 Å². The molecular formula is C21H26O6. The van der Waals surface area contributed by atoms with Crippen LogP contribution in [-0.4, -0.2) is 42.5 Å². The number of cyclic esters (lactones) is 1. The number of aliphatic hydroxyl groups excluding tert-OH is 1. The summed E-state index contributed by atoms with van der Waals surface area (Å²) in [5.74, 6) is -2.46. The van der Waals surface area contributed by atoms with Gasteiger partial charge in [0, 0.05) is 29.2 Å². The zero-order valence-corrected chi connectivity index (χ0v) is 16.3. The summed E-state index contributed by atoms with van der Waals surface area (Å²) < 4.78 is 11.2. The number of rotatable bonds is 2. The highest BCUT2D eigenvalue weighted by molar-refractivity contribution is 6.51. The number of ether oxygens (including phenoxy) is 2. The van der Waals surface area contributed by atoms with E-state index in [0.29, 0.717) is 25.0 Å². The van der Waals surface area contributed by atoms with Gasteiger partial charge in [-0.2, -0.15) is 0 Å². The van der Waals surface area contributed by atoms with Gasteiger partial charge in [0.15, 0.2) is 0 Å². The summed E-state index contributed by atoms with van der Waals surface area (Å²) in [5.41, 5.74) is -0.849. The predicted molar refractivity (Wildman–Crippen MR) is 95.8 cm³/mol. The van der Waals surface area contributed by atoms with Crippen LogP contribution in [0.5, 0.6) is 0 Å². The molecular weight excluding hydrogens is 348 g/mol. The lowest BCUT2D eigenvalue weighted by molar-refractivity contribution is -0.195. The van der Waals surface area contributed by atoms with Crippen molar-refractivity contribution in [2.45, 2.75) is 52.6 Å². The molecule has 1 N–H and O–H groups in total. The Morgan fingerprint density at radius 3 is 2.52 bits per heavy atom. The molecule has 2 bridgehead atoms. The first kappa shape index (κ1) is 18.4. The highest BCUT2D eigenvalue weighted by Gasteiger charge is 2.67. The van der Waals surface area contributed by atoms with Crippen LogP contribution < -0.4 is 0 Å². The molecule has 1 unspecified atom stereocenters. The van der Waals surface area contributed by atoms with Gasteiger partial charge in [0.25, 0.3) is 0 Å². The minimum absolute atomic E-state index is 0.110. The minimum atomic E-state index is -1.15. The standard InChI is InChI=1S/C21H26O6/c1-10(2)13-16(22)14-11(26-4)8-12-20(3)6-5-7-21(12,19(25)27-9-20)15(14)18(24)17(13)23/h10-12,22H,5-9H2,1-4H3/t11-,12?,20+,21+/m1/s1. The Morgan fingerprint density at radius 1 is 1.19 bits per heavy atom. The summed E-state index contributed by atoms with van der Waals surface area (Å²) >= 11 is 0. The van der Waals surface area contributed by atoms with Crippen LogP contribution in [0.3, 0.4) is 0 Å². The van der Waals surface area contributed by atoms with E-state index < -0.39 is 29.1 Å². The Kier molecular flexibility index (Phi) is 3.94. The molecule has 0 aromatic heterocycles. The molecule has 4 rings (SSSR count). The van der Waals surface area contributed by atoms with Crippen molar-refractivity contribution in [3.8, 4) is 0 Å². The molecule has 0 radical (unpaired) electrons. The summed E-state index contributed by atoms with van der Waals surface area (Å²) in [6, 6.07) is 0. The molecule has 6 nitrogen and oxygen atoms in total.